The Kier molecular flexibility index (Phi) is 4.75. The van der Waals surface area contributed by atoms with Crippen LogP contribution in [0.1, 0.15) is 44.7 Å². The van der Waals surface area contributed by atoms with Crippen molar-refractivity contribution < 1.29 is 9.59 Å². The molecule has 8 heteroatoms. The molecule has 2 amide bonds. The van der Waals surface area contributed by atoms with Gasteiger partial charge in [-0.1, -0.05) is 0 Å². The molecule has 7 nitrogen and oxygen atoms in total. The number of thiophene rings is 1. The number of piperidine rings is 1. The van der Waals surface area contributed by atoms with E-state index in [9.17, 15) is 9.59 Å². The predicted molar refractivity (Wildman–Crippen MR) is 102 cm³/mol. The molecule has 1 saturated carbocycles. The molecule has 0 bridgehead atoms. The molecule has 2 atom stereocenters. The Morgan fingerprint density at radius 2 is 2.19 bits per heavy atom. The van der Waals surface area contributed by atoms with Crippen molar-refractivity contribution in [3.63, 3.8) is 0 Å². The fraction of sp³-hybridized carbons (Fsp3) is 0.579. The summed E-state index contributed by atoms with van der Waals surface area (Å²) in [5.41, 5.74) is 1.39. The van der Waals surface area contributed by atoms with E-state index < -0.39 is 0 Å². The second-order valence-electron chi connectivity index (χ2n) is 7.74. The van der Waals surface area contributed by atoms with Crippen LogP contribution in [0.5, 0.6) is 0 Å². The average Bonchev–Trinajstić information content (AvgIpc) is 3.11. The summed E-state index contributed by atoms with van der Waals surface area (Å²) < 4.78 is 1.60. The molecule has 1 aliphatic carbocycles. The lowest BCUT2D eigenvalue weighted by atomic mass is 9.92. The maximum atomic E-state index is 12.7. The zero-order valence-electron chi connectivity index (χ0n) is 15.7. The van der Waals surface area contributed by atoms with Gasteiger partial charge in [0.15, 0.2) is 0 Å². The highest BCUT2D eigenvalue weighted by Crippen LogP contribution is 2.57. The van der Waals surface area contributed by atoms with Crippen molar-refractivity contribution >= 4 is 23.2 Å². The van der Waals surface area contributed by atoms with Crippen LogP contribution in [0.2, 0.25) is 0 Å². The first-order valence-corrected chi connectivity index (χ1v) is 10.4. The van der Waals surface area contributed by atoms with E-state index in [0.717, 1.165) is 32.4 Å². The first-order chi connectivity index (χ1) is 13.0. The summed E-state index contributed by atoms with van der Waals surface area (Å²) in [6.45, 7) is 5.71. The van der Waals surface area contributed by atoms with E-state index >= 15 is 0 Å². The van der Waals surface area contributed by atoms with Crippen molar-refractivity contribution in [2.24, 2.45) is 5.41 Å². The van der Waals surface area contributed by atoms with Crippen LogP contribution in [0.15, 0.2) is 29.5 Å². The monoisotopic (exact) mass is 387 g/mol. The second-order valence-corrected chi connectivity index (χ2v) is 8.52. The van der Waals surface area contributed by atoms with E-state index in [1.807, 2.05) is 16.7 Å². The standard InChI is InChI=1S/C19H25N5O2S/c1-14(24-13-20-12-21-24)18(26)22-6-4-19(5-7-22)9-17(19)23(15(2)25)10-16-3-8-27-11-16/h3,8,11-14,17H,4-7,9-10H2,1-2H3. The van der Waals surface area contributed by atoms with E-state index in [-0.39, 0.29) is 23.3 Å². The third-order valence-electron chi connectivity index (χ3n) is 6.12. The van der Waals surface area contributed by atoms with Crippen LogP contribution in [-0.4, -0.2) is 55.5 Å². The summed E-state index contributed by atoms with van der Waals surface area (Å²) in [5, 5.41) is 8.24. The molecule has 3 heterocycles. The minimum absolute atomic E-state index is 0.0919. The topological polar surface area (TPSA) is 71.3 Å². The molecule has 2 aliphatic rings. The highest BCUT2D eigenvalue weighted by molar-refractivity contribution is 7.07. The largest absolute Gasteiger partial charge is 0.341 e. The molecule has 2 fully saturated rings. The van der Waals surface area contributed by atoms with E-state index in [4.69, 9.17) is 0 Å². The molecule has 1 spiro atoms. The number of carbonyl (C=O) groups is 2. The summed E-state index contributed by atoms with van der Waals surface area (Å²) in [4.78, 5) is 32.8. The fourth-order valence-corrected chi connectivity index (χ4v) is 4.95. The minimum Gasteiger partial charge on any atom is -0.341 e. The molecular formula is C19H25N5O2S. The van der Waals surface area contributed by atoms with Gasteiger partial charge in [-0.05, 0) is 54.0 Å². The minimum atomic E-state index is -0.330. The number of aromatic nitrogens is 3. The van der Waals surface area contributed by atoms with Crippen molar-refractivity contribution in [3.8, 4) is 0 Å². The van der Waals surface area contributed by atoms with E-state index in [1.54, 1.807) is 29.3 Å². The Morgan fingerprint density at radius 3 is 2.78 bits per heavy atom. The summed E-state index contributed by atoms with van der Waals surface area (Å²) in [6.07, 6.45) is 6.01. The highest BCUT2D eigenvalue weighted by Gasteiger charge is 2.58. The quantitative estimate of drug-likeness (QED) is 0.789. The molecule has 1 saturated heterocycles. The molecular weight excluding hydrogens is 362 g/mol. The Morgan fingerprint density at radius 1 is 1.41 bits per heavy atom. The number of hydrogen-bond acceptors (Lipinski definition) is 5. The molecule has 2 unspecified atom stereocenters. The van der Waals surface area contributed by atoms with E-state index in [0.29, 0.717) is 12.6 Å². The number of carbonyl (C=O) groups excluding carboxylic acids is 2. The molecule has 0 N–H and O–H groups in total. The Hall–Kier alpha value is -2.22. The second kappa shape index (κ2) is 7.07. The zero-order chi connectivity index (χ0) is 19.0. The van der Waals surface area contributed by atoms with Crippen LogP contribution in [0.4, 0.5) is 0 Å². The van der Waals surface area contributed by atoms with Gasteiger partial charge < -0.3 is 9.80 Å². The summed E-state index contributed by atoms with van der Waals surface area (Å²) in [5.74, 6) is 0.232. The number of amides is 2. The summed E-state index contributed by atoms with van der Waals surface area (Å²) in [7, 11) is 0. The lowest BCUT2D eigenvalue weighted by Crippen LogP contribution is -2.44. The predicted octanol–water partition coefficient (Wildman–Crippen LogP) is 2.33. The maximum absolute atomic E-state index is 12.7. The number of nitrogens with zero attached hydrogens (tertiary/aromatic N) is 5. The normalized spacial score (nSPS) is 21.9. The van der Waals surface area contributed by atoms with Gasteiger partial charge in [0, 0.05) is 32.6 Å². The molecule has 2 aromatic rings. The Bertz CT molecular complexity index is 796. The highest BCUT2D eigenvalue weighted by atomic mass is 32.1. The first kappa shape index (κ1) is 18.2. The van der Waals surface area contributed by atoms with Crippen LogP contribution in [-0.2, 0) is 16.1 Å². The third-order valence-corrected chi connectivity index (χ3v) is 6.85. The molecule has 2 aromatic heterocycles. The van der Waals surface area contributed by atoms with Crippen molar-refractivity contribution in [1.29, 1.82) is 0 Å². The molecule has 27 heavy (non-hydrogen) atoms. The van der Waals surface area contributed by atoms with Crippen LogP contribution in [0, 0.1) is 5.41 Å². The lowest BCUT2D eigenvalue weighted by molar-refractivity contribution is -0.137. The molecule has 4 rings (SSSR count). The average molecular weight is 388 g/mol. The van der Waals surface area contributed by atoms with Gasteiger partial charge >= 0.3 is 0 Å². The Balaban J connectivity index is 1.36. The van der Waals surface area contributed by atoms with E-state index in [2.05, 4.69) is 26.9 Å². The number of rotatable bonds is 5. The zero-order valence-corrected chi connectivity index (χ0v) is 16.6. The Labute approximate surface area is 163 Å². The van der Waals surface area contributed by atoms with E-state index in [1.165, 1.54) is 11.9 Å². The SMILES string of the molecule is CC(=O)N(Cc1ccsc1)C1CC12CCN(C(=O)C(C)n1cncn1)CC2. The summed E-state index contributed by atoms with van der Waals surface area (Å²) in [6, 6.07) is 2.06. The van der Waals surface area contributed by atoms with Gasteiger partial charge in [-0.15, -0.1) is 0 Å². The third kappa shape index (κ3) is 3.50. The molecule has 1 aliphatic heterocycles. The van der Waals surface area contributed by atoms with Gasteiger partial charge in [-0.3, -0.25) is 9.59 Å². The van der Waals surface area contributed by atoms with Crippen molar-refractivity contribution in [2.75, 3.05) is 13.1 Å². The van der Waals surface area contributed by atoms with Gasteiger partial charge in [0.05, 0.1) is 0 Å². The first-order valence-electron chi connectivity index (χ1n) is 9.41. The summed E-state index contributed by atoms with van der Waals surface area (Å²) >= 11 is 1.66. The van der Waals surface area contributed by atoms with Crippen LogP contribution in [0.3, 0.4) is 0 Å². The molecule has 144 valence electrons. The van der Waals surface area contributed by atoms with Crippen LogP contribution >= 0.6 is 11.3 Å². The van der Waals surface area contributed by atoms with Crippen LogP contribution in [0.25, 0.3) is 0 Å². The van der Waals surface area contributed by atoms with Crippen molar-refractivity contribution in [3.05, 3.63) is 35.0 Å². The van der Waals surface area contributed by atoms with Crippen LogP contribution < -0.4 is 0 Å². The van der Waals surface area contributed by atoms with Gasteiger partial charge in [0.1, 0.15) is 18.7 Å². The molecule has 0 aromatic carbocycles. The number of hydrogen-bond donors (Lipinski definition) is 0. The smallest absolute Gasteiger partial charge is 0.247 e. The van der Waals surface area contributed by atoms with Gasteiger partial charge in [-0.25, -0.2) is 9.67 Å². The maximum Gasteiger partial charge on any atom is 0.247 e. The van der Waals surface area contributed by atoms with Gasteiger partial charge in [0.2, 0.25) is 11.8 Å². The number of likely N-dealkylation sites (tertiary alicyclic amines) is 1. The van der Waals surface area contributed by atoms with Crippen molar-refractivity contribution in [1.82, 2.24) is 24.6 Å². The molecule has 0 radical (unpaired) electrons. The fourth-order valence-electron chi connectivity index (χ4n) is 4.29. The lowest BCUT2D eigenvalue weighted by Gasteiger charge is -2.35. The van der Waals surface area contributed by atoms with Crippen molar-refractivity contribution in [2.45, 2.75) is 51.7 Å². The van der Waals surface area contributed by atoms with Gasteiger partial charge in [0.25, 0.3) is 0 Å². The van der Waals surface area contributed by atoms with Gasteiger partial charge in [-0.2, -0.15) is 16.4 Å².